The van der Waals surface area contributed by atoms with Gasteiger partial charge in [-0.05, 0) is 62.3 Å². The van der Waals surface area contributed by atoms with Crippen LogP contribution in [0.5, 0.6) is 0 Å². The van der Waals surface area contributed by atoms with Crippen LogP contribution in [0, 0.1) is 12.8 Å². The zero-order chi connectivity index (χ0) is 13.1. The van der Waals surface area contributed by atoms with Crippen LogP contribution in [-0.2, 0) is 0 Å². The molecule has 2 nitrogen and oxygen atoms in total. The number of rotatable bonds is 3. The van der Waals surface area contributed by atoms with Crippen LogP contribution >= 0.6 is 12.2 Å². The molecule has 0 aliphatic heterocycles. The Labute approximate surface area is 115 Å². The summed E-state index contributed by atoms with van der Waals surface area (Å²) >= 11 is 5.00. The molecule has 0 unspecified atom stereocenters. The quantitative estimate of drug-likeness (QED) is 0.817. The minimum absolute atomic E-state index is 0.469. The van der Waals surface area contributed by atoms with E-state index in [1.807, 2.05) is 6.07 Å². The molecule has 1 aliphatic rings. The number of thiocarbonyl (C=S) groups is 1. The Morgan fingerprint density at radius 3 is 2.50 bits per heavy atom. The molecule has 0 atom stereocenters. The number of hydrogen-bond donors (Lipinski definition) is 2. The van der Waals surface area contributed by atoms with Gasteiger partial charge in [-0.3, -0.25) is 0 Å². The van der Waals surface area contributed by atoms with Gasteiger partial charge >= 0.3 is 0 Å². The molecule has 1 saturated carbocycles. The summed E-state index contributed by atoms with van der Waals surface area (Å²) in [6.45, 7) is 4.45. The molecule has 98 valence electrons. The summed E-state index contributed by atoms with van der Waals surface area (Å²) in [6, 6.07) is 6.79. The summed E-state index contributed by atoms with van der Waals surface area (Å²) in [6.07, 6.45) is 5.22. The Hall–Kier alpha value is -1.09. The Balaban J connectivity index is 2.03. The van der Waals surface area contributed by atoms with Gasteiger partial charge in [0.25, 0.3) is 0 Å². The van der Waals surface area contributed by atoms with Gasteiger partial charge in [-0.15, -0.1) is 0 Å². The van der Waals surface area contributed by atoms with Gasteiger partial charge in [0.1, 0.15) is 4.99 Å². The van der Waals surface area contributed by atoms with Gasteiger partial charge in [0, 0.05) is 17.3 Å². The summed E-state index contributed by atoms with van der Waals surface area (Å²) < 4.78 is 0. The summed E-state index contributed by atoms with van der Waals surface area (Å²) in [7, 11) is 0. The second-order valence-electron chi connectivity index (χ2n) is 5.50. The molecule has 1 fully saturated rings. The topological polar surface area (TPSA) is 38.0 Å². The largest absolute Gasteiger partial charge is 0.389 e. The van der Waals surface area contributed by atoms with E-state index >= 15 is 0 Å². The van der Waals surface area contributed by atoms with Gasteiger partial charge in [0.2, 0.25) is 0 Å². The second kappa shape index (κ2) is 5.70. The highest BCUT2D eigenvalue weighted by molar-refractivity contribution is 7.80. The molecule has 18 heavy (non-hydrogen) atoms. The van der Waals surface area contributed by atoms with Crippen molar-refractivity contribution in [1.82, 2.24) is 0 Å². The number of nitrogens with one attached hydrogen (secondary N) is 1. The van der Waals surface area contributed by atoms with Crippen LogP contribution in [0.4, 0.5) is 5.69 Å². The Bertz CT molecular complexity index is 434. The average molecular weight is 262 g/mol. The lowest BCUT2D eigenvalue weighted by Crippen LogP contribution is -2.25. The van der Waals surface area contributed by atoms with Crippen molar-refractivity contribution in [1.29, 1.82) is 0 Å². The lowest BCUT2D eigenvalue weighted by atomic mass is 9.87. The fourth-order valence-corrected chi connectivity index (χ4v) is 2.73. The third-order valence-electron chi connectivity index (χ3n) is 3.89. The van der Waals surface area contributed by atoms with E-state index in [4.69, 9.17) is 18.0 Å². The molecule has 1 aromatic carbocycles. The molecular weight excluding hydrogens is 240 g/mol. The van der Waals surface area contributed by atoms with Crippen molar-refractivity contribution in [2.75, 3.05) is 5.32 Å². The minimum Gasteiger partial charge on any atom is -0.389 e. The standard InChI is InChI=1S/C15H22N2S/c1-10-3-6-13(7-4-10)17-14-8-5-12(15(16)18)9-11(14)2/h5,8-10,13,17H,3-4,6-7H2,1-2H3,(H2,16,18). The fourth-order valence-electron chi connectivity index (χ4n) is 2.60. The fraction of sp³-hybridized carbons (Fsp3) is 0.533. The highest BCUT2D eigenvalue weighted by Crippen LogP contribution is 2.27. The molecule has 0 aromatic heterocycles. The molecule has 2 rings (SSSR count). The maximum atomic E-state index is 5.64. The summed E-state index contributed by atoms with van der Waals surface area (Å²) in [5, 5.41) is 3.65. The maximum Gasteiger partial charge on any atom is 0.103 e. The SMILES string of the molecule is Cc1cc(C(N)=S)ccc1NC1CCC(C)CC1. The number of anilines is 1. The molecule has 1 aromatic rings. The zero-order valence-electron chi connectivity index (χ0n) is 11.2. The van der Waals surface area contributed by atoms with Crippen molar-refractivity contribution in [3.05, 3.63) is 29.3 Å². The lowest BCUT2D eigenvalue weighted by Gasteiger charge is -2.28. The van der Waals surface area contributed by atoms with Crippen LogP contribution < -0.4 is 11.1 Å². The monoisotopic (exact) mass is 262 g/mol. The van der Waals surface area contributed by atoms with Crippen LogP contribution in [0.15, 0.2) is 18.2 Å². The summed E-state index contributed by atoms with van der Waals surface area (Å²) in [4.78, 5) is 0.469. The predicted octanol–water partition coefficient (Wildman–Crippen LogP) is 3.62. The number of aryl methyl sites for hydroxylation is 1. The molecule has 0 spiro atoms. The number of benzene rings is 1. The smallest absolute Gasteiger partial charge is 0.103 e. The Kier molecular flexibility index (Phi) is 4.23. The first-order valence-corrected chi connectivity index (χ1v) is 7.14. The predicted molar refractivity (Wildman–Crippen MR) is 82.1 cm³/mol. The molecule has 0 bridgehead atoms. The first-order chi connectivity index (χ1) is 8.56. The molecule has 3 heteroatoms. The van der Waals surface area contributed by atoms with Crippen LogP contribution in [0.1, 0.15) is 43.7 Å². The molecule has 1 aliphatic carbocycles. The van der Waals surface area contributed by atoms with Gasteiger partial charge in [-0.1, -0.05) is 19.1 Å². The normalized spacial score (nSPS) is 23.7. The third kappa shape index (κ3) is 3.22. The summed E-state index contributed by atoms with van der Waals surface area (Å²) in [5.41, 5.74) is 9.03. The Morgan fingerprint density at radius 2 is 1.94 bits per heavy atom. The zero-order valence-corrected chi connectivity index (χ0v) is 12.0. The first-order valence-electron chi connectivity index (χ1n) is 6.73. The minimum atomic E-state index is 0.469. The maximum absolute atomic E-state index is 5.64. The van der Waals surface area contributed by atoms with E-state index in [2.05, 4.69) is 31.3 Å². The van der Waals surface area contributed by atoms with Gasteiger partial charge in [-0.25, -0.2) is 0 Å². The van der Waals surface area contributed by atoms with E-state index in [-0.39, 0.29) is 0 Å². The van der Waals surface area contributed by atoms with E-state index in [1.165, 1.54) is 36.9 Å². The highest BCUT2D eigenvalue weighted by Gasteiger charge is 2.18. The van der Waals surface area contributed by atoms with Crippen LogP contribution in [-0.4, -0.2) is 11.0 Å². The molecular formula is C15H22N2S. The van der Waals surface area contributed by atoms with E-state index < -0.39 is 0 Å². The average Bonchev–Trinajstić information content (AvgIpc) is 2.34. The number of nitrogens with two attached hydrogens (primary N) is 1. The van der Waals surface area contributed by atoms with E-state index in [1.54, 1.807) is 0 Å². The van der Waals surface area contributed by atoms with Crippen molar-refractivity contribution in [2.24, 2.45) is 11.7 Å². The van der Waals surface area contributed by atoms with Gasteiger partial charge in [-0.2, -0.15) is 0 Å². The van der Waals surface area contributed by atoms with Crippen LogP contribution in [0.25, 0.3) is 0 Å². The summed E-state index contributed by atoms with van der Waals surface area (Å²) in [5.74, 6) is 0.890. The number of hydrogen-bond acceptors (Lipinski definition) is 2. The van der Waals surface area contributed by atoms with Crippen molar-refractivity contribution in [3.63, 3.8) is 0 Å². The van der Waals surface area contributed by atoms with Gasteiger partial charge in [0.05, 0.1) is 0 Å². The third-order valence-corrected chi connectivity index (χ3v) is 4.12. The van der Waals surface area contributed by atoms with Crippen molar-refractivity contribution in [2.45, 2.75) is 45.6 Å². The first kappa shape index (κ1) is 13.3. The van der Waals surface area contributed by atoms with Crippen molar-refractivity contribution in [3.8, 4) is 0 Å². The molecule has 0 radical (unpaired) electrons. The van der Waals surface area contributed by atoms with E-state index in [9.17, 15) is 0 Å². The second-order valence-corrected chi connectivity index (χ2v) is 5.93. The van der Waals surface area contributed by atoms with Crippen molar-refractivity contribution < 1.29 is 0 Å². The van der Waals surface area contributed by atoms with Crippen LogP contribution in [0.3, 0.4) is 0 Å². The van der Waals surface area contributed by atoms with Crippen molar-refractivity contribution >= 4 is 22.9 Å². The van der Waals surface area contributed by atoms with E-state index in [0.29, 0.717) is 11.0 Å². The molecule has 0 amide bonds. The Morgan fingerprint density at radius 1 is 1.28 bits per heavy atom. The lowest BCUT2D eigenvalue weighted by molar-refractivity contribution is 0.361. The highest BCUT2D eigenvalue weighted by atomic mass is 32.1. The molecule has 0 heterocycles. The van der Waals surface area contributed by atoms with E-state index in [0.717, 1.165) is 11.5 Å². The van der Waals surface area contributed by atoms with Gasteiger partial charge in [0.15, 0.2) is 0 Å². The molecule has 3 N–H and O–H groups in total. The van der Waals surface area contributed by atoms with Gasteiger partial charge < -0.3 is 11.1 Å². The van der Waals surface area contributed by atoms with Crippen LogP contribution in [0.2, 0.25) is 0 Å². The molecule has 0 saturated heterocycles.